The summed E-state index contributed by atoms with van der Waals surface area (Å²) in [5.41, 5.74) is 19.0. The van der Waals surface area contributed by atoms with Crippen LogP contribution in [0.3, 0.4) is 0 Å². The zero-order valence-electron chi connectivity index (χ0n) is 34.2. The highest BCUT2D eigenvalue weighted by Crippen LogP contribution is 2.69. The van der Waals surface area contributed by atoms with Crippen LogP contribution in [0.1, 0.15) is 67.4 Å². The standard InChI is InChI=1S/C59H39N3S/c63-54-40(37-19-4-1-5-20-37)35-36-44-43-27-18-28-45(57-61-55(38-21-6-2-7-22-38)60-56(62-57)39-23-8-3-9-24-39)52(43)59(53(44)54)50-33-16-14-31-48(50)58(49-32-15-17-34-51(49)59)46-29-12-10-25-41(46)42-26-11-13-30-47(42)58/h1-36,57,63H,(H,60,61,62). The zero-order chi connectivity index (χ0) is 41.7. The molecule has 3 nitrogen and oxygen atoms in total. The van der Waals surface area contributed by atoms with Crippen LogP contribution in [0, 0.1) is 0 Å². The molecule has 0 saturated heterocycles. The second-order valence-corrected chi connectivity index (χ2v) is 17.3. The molecule has 0 aromatic heterocycles. The third-order valence-electron chi connectivity index (χ3n) is 13.9. The Labute approximate surface area is 372 Å². The molecule has 1 heterocycles. The quantitative estimate of drug-likeness (QED) is 0.171. The minimum Gasteiger partial charge on any atom is -0.344 e. The number of nitrogens with zero attached hydrogens (tertiary/aromatic N) is 2. The maximum Gasteiger partial charge on any atom is 0.159 e. The van der Waals surface area contributed by atoms with Crippen molar-refractivity contribution in [2.75, 3.05) is 0 Å². The Morgan fingerprint density at radius 3 is 1.40 bits per heavy atom. The van der Waals surface area contributed by atoms with Gasteiger partial charge in [-0.2, -0.15) is 0 Å². The molecule has 9 aromatic carbocycles. The van der Waals surface area contributed by atoms with E-state index in [0.717, 1.165) is 38.5 Å². The van der Waals surface area contributed by atoms with Gasteiger partial charge in [-0.05, 0) is 77.9 Å². The fraction of sp³-hybridized carbons (Fsp3) is 0.0508. The number of nitrogens with one attached hydrogen (secondary N) is 1. The molecular weight excluding hydrogens is 783 g/mol. The van der Waals surface area contributed by atoms with Gasteiger partial charge in [0.2, 0.25) is 0 Å². The first kappa shape index (κ1) is 36.2. The van der Waals surface area contributed by atoms with E-state index in [1.54, 1.807) is 0 Å². The molecule has 4 heteroatoms. The van der Waals surface area contributed by atoms with Gasteiger partial charge in [-0.15, -0.1) is 12.6 Å². The summed E-state index contributed by atoms with van der Waals surface area (Å²) < 4.78 is 0. The smallest absolute Gasteiger partial charge is 0.159 e. The molecule has 1 atom stereocenters. The van der Waals surface area contributed by atoms with Crippen molar-refractivity contribution in [1.29, 1.82) is 0 Å². The normalized spacial score (nSPS) is 16.4. The average Bonchev–Trinajstić information content (AvgIpc) is 3.83. The van der Waals surface area contributed by atoms with Crippen LogP contribution in [0.5, 0.6) is 0 Å². The van der Waals surface area contributed by atoms with Gasteiger partial charge < -0.3 is 5.32 Å². The molecule has 0 fully saturated rings. The summed E-state index contributed by atoms with van der Waals surface area (Å²) in [6.07, 6.45) is -0.464. The van der Waals surface area contributed by atoms with E-state index in [2.05, 4.69) is 212 Å². The predicted octanol–water partition coefficient (Wildman–Crippen LogP) is 13.2. The Morgan fingerprint density at radius 2 is 0.810 bits per heavy atom. The van der Waals surface area contributed by atoms with Crippen LogP contribution in [-0.2, 0) is 10.8 Å². The SMILES string of the molecule is Sc1c(-c2ccccc2)ccc2c1C1(c3ccccc3C3(c4ccccc4-c4ccccc43)c3ccccc31)c1c-2cccc1C1N=C(c2ccccc2)N=C(c2ccccc2)N1. The molecule has 2 spiro atoms. The van der Waals surface area contributed by atoms with E-state index >= 15 is 0 Å². The Bertz CT molecular complexity index is 3290. The molecule has 1 aliphatic heterocycles. The maximum atomic E-state index is 5.70. The summed E-state index contributed by atoms with van der Waals surface area (Å²) in [7, 11) is 0. The second-order valence-electron chi connectivity index (χ2n) is 16.9. The van der Waals surface area contributed by atoms with Gasteiger partial charge >= 0.3 is 0 Å². The molecule has 1 N–H and O–H groups in total. The molecule has 0 amide bonds. The van der Waals surface area contributed by atoms with Crippen molar-refractivity contribution in [1.82, 2.24) is 5.32 Å². The number of aliphatic imine (C=N–C) groups is 2. The first-order valence-corrected chi connectivity index (χ1v) is 22.1. The zero-order valence-corrected chi connectivity index (χ0v) is 35.1. The van der Waals surface area contributed by atoms with Crippen LogP contribution in [0.15, 0.2) is 233 Å². The van der Waals surface area contributed by atoms with Crippen molar-refractivity contribution < 1.29 is 0 Å². The fourth-order valence-electron chi connectivity index (χ4n) is 11.6. The number of hydrogen-bond acceptors (Lipinski definition) is 4. The highest BCUT2D eigenvalue weighted by atomic mass is 32.1. The predicted molar refractivity (Wildman–Crippen MR) is 259 cm³/mol. The van der Waals surface area contributed by atoms with Crippen LogP contribution >= 0.6 is 12.6 Å². The number of fused-ring (bicyclic) bond motifs is 16. The van der Waals surface area contributed by atoms with Crippen LogP contribution in [0.25, 0.3) is 33.4 Å². The van der Waals surface area contributed by atoms with E-state index in [-0.39, 0.29) is 0 Å². The summed E-state index contributed by atoms with van der Waals surface area (Å²) in [5, 5.41) is 3.88. The van der Waals surface area contributed by atoms with Crippen molar-refractivity contribution in [3.05, 3.63) is 280 Å². The maximum absolute atomic E-state index is 5.70. The first-order valence-electron chi connectivity index (χ1n) is 21.7. The minimum atomic E-state index is -0.792. The minimum absolute atomic E-state index is 0.464. The number of thiol groups is 1. The first-order chi connectivity index (χ1) is 31.2. The Morgan fingerprint density at radius 1 is 0.365 bits per heavy atom. The molecule has 9 aromatic rings. The number of hydrogen-bond donors (Lipinski definition) is 2. The van der Waals surface area contributed by atoms with Gasteiger partial charge in [0.25, 0.3) is 0 Å². The van der Waals surface area contributed by atoms with Gasteiger partial charge in [0.15, 0.2) is 5.84 Å². The number of benzene rings is 9. The van der Waals surface area contributed by atoms with E-state index in [1.165, 1.54) is 66.8 Å². The van der Waals surface area contributed by atoms with Crippen LogP contribution in [-0.4, -0.2) is 11.7 Å². The van der Waals surface area contributed by atoms with E-state index in [4.69, 9.17) is 22.6 Å². The van der Waals surface area contributed by atoms with Crippen LogP contribution in [0.4, 0.5) is 0 Å². The van der Waals surface area contributed by atoms with E-state index < -0.39 is 17.0 Å². The van der Waals surface area contributed by atoms with Gasteiger partial charge in [-0.25, -0.2) is 9.98 Å². The van der Waals surface area contributed by atoms with Gasteiger partial charge in [0.05, 0.1) is 10.8 Å². The van der Waals surface area contributed by atoms with Gasteiger partial charge in [0, 0.05) is 21.6 Å². The summed E-state index contributed by atoms with van der Waals surface area (Å²) in [4.78, 5) is 11.7. The van der Waals surface area contributed by atoms with Crippen LogP contribution in [0.2, 0.25) is 0 Å². The fourth-order valence-corrected chi connectivity index (χ4v) is 12.1. The van der Waals surface area contributed by atoms with Gasteiger partial charge in [0.1, 0.15) is 12.0 Å². The lowest BCUT2D eigenvalue weighted by Crippen LogP contribution is -2.45. The van der Waals surface area contributed by atoms with Crippen LogP contribution < -0.4 is 5.32 Å². The summed E-state index contributed by atoms with van der Waals surface area (Å²) in [6.45, 7) is 0. The Hall–Kier alpha value is -7.53. The highest BCUT2D eigenvalue weighted by molar-refractivity contribution is 7.80. The Balaban J connectivity index is 1.17. The second kappa shape index (κ2) is 13.7. The number of rotatable bonds is 4. The third-order valence-corrected chi connectivity index (χ3v) is 14.4. The highest BCUT2D eigenvalue weighted by Gasteiger charge is 2.60. The molecule has 0 saturated carbocycles. The monoisotopic (exact) mass is 821 g/mol. The van der Waals surface area contributed by atoms with E-state index in [0.29, 0.717) is 5.84 Å². The molecule has 1 unspecified atom stereocenters. The topological polar surface area (TPSA) is 36.8 Å². The summed E-state index contributed by atoms with van der Waals surface area (Å²) in [5.74, 6) is 1.49. The molecule has 13 rings (SSSR count). The molecular formula is C59H39N3S. The van der Waals surface area contributed by atoms with Gasteiger partial charge in [-0.1, -0.05) is 218 Å². The number of amidine groups is 2. The van der Waals surface area contributed by atoms with E-state index in [9.17, 15) is 0 Å². The lowest BCUT2D eigenvalue weighted by molar-refractivity contribution is 0.604. The van der Waals surface area contributed by atoms with Gasteiger partial charge in [-0.3, -0.25) is 0 Å². The lowest BCUT2D eigenvalue weighted by atomic mass is 9.52. The molecule has 0 bridgehead atoms. The van der Waals surface area contributed by atoms with Crippen molar-refractivity contribution in [3.8, 4) is 33.4 Å². The van der Waals surface area contributed by atoms with Crippen molar-refractivity contribution >= 4 is 24.3 Å². The summed E-state index contributed by atoms with van der Waals surface area (Å²) >= 11 is 5.70. The molecule has 0 radical (unpaired) electrons. The molecule has 3 aliphatic carbocycles. The largest absolute Gasteiger partial charge is 0.344 e. The third kappa shape index (κ3) is 4.87. The molecule has 296 valence electrons. The molecule has 63 heavy (non-hydrogen) atoms. The van der Waals surface area contributed by atoms with E-state index in [1.807, 2.05) is 12.1 Å². The van der Waals surface area contributed by atoms with Crippen molar-refractivity contribution in [2.24, 2.45) is 9.98 Å². The van der Waals surface area contributed by atoms with Crippen molar-refractivity contribution in [3.63, 3.8) is 0 Å². The average molecular weight is 822 g/mol. The summed E-state index contributed by atoms with van der Waals surface area (Å²) in [6, 6.07) is 79.5. The Kier molecular flexibility index (Phi) is 7.88. The van der Waals surface area contributed by atoms with Crippen molar-refractivity contribution in [2.45, 2.75) is 21.9 Å². The lowest BCUT2D eigenvalue weighted by Gasteiger charge is -2.49. The molecule has 4 aliphatic rings.